The summed E-state index contributed by atoms with van der Waals surface area (Å²) in [6.45, 7) is 3.86. The normalized spacial score (nSPS) is 22.8. The van der Waals surface area contributed by atoms with Gasteiger partial charge in [-0.3, -0.25) is 0 Å². The quantitative estimate of drug-likeness (QED) is 0.702. The first-order valence-corrected chi connectivity index (χ1v) is 9.05. The molecular formula is C16H15ClN6S. The Morgan fingerprint density at radius 2 is 1.79 bits per heavy atom. The van der Waals surface area contributed by atoms with Crippen LogP contribution < -0.4 is 9.80 Å². The minimum Gasteiger partial charge on any atom is -0.365 e. The van der Waals surface area contributed by atoms with E-state index in [4.69, 9.17) is 11.6 Å². The van der Waals surface area contributed by atoms with Crippen LogP contribution in [0.5, 0.6) is 0 Å². The van der Waals surface area contributed by atoms with E-state index in [1.165, 1.54) is 17.4 Å². The number of fused-ring (bicyclic) bond motifs is 3. The summed E-state index contributed by atoms with van der Waals surface area (Å²) >= 11 is 7.21. The molecule has 0 N–H and O–H groups in total. The molecule has 0 aliphatic carbocycles. The van der Waals surface area contributed by atoms with E-state index in [0.29, 0.717) is 17.7 Å². The Bertz CT molecular complexity index is 911. The predicted molar refractivity (Wildman–Crippen MR) is 96.1 cm³/mol. The smallest absolute Gasteiger partial charge is 0.198 e. The van der Waals surface area contributed by atoms with Crippen molar-refractivity contribution in [2.75, 3.05) is 22.9 Å². The Morgan fingerprint density at radius 3 is 2.54 bits per heavy atom. The van der Waals surface area contributed by atoms with Gasteiger partial charge in [0.2, 0.25) is 0 Å². The van der Waals surface area contributed by atoms with E-state index in [1.807, 2.05) is 19.1 Å². The van der Waals surface area contributed by atoms with E-state index in [2.05, 4.69) is 40.6 Å². The maximum atomic E-state index is 6.01. The molecule has 6 nitrogen and oxygen atoms in total. The van der Waals surface area contributed by atoms with Gasteiger partial charge in [-0.15, -0.1) is 0 Å². The maximum absolute atomic E-state index is 6.01. The molecular weight excluding hydrogens is 344 g/mol. The van der Waals surface area contributed by atoms with Crippen LogP contribution in [-0.4, -0.2) is 43.9 Å². The third-order valence-electron chi connectivity index (χ3n) is 4.89. The van der Waals surface area contributed by atoms with Crippen LogP contribution in [0.1, 0.15) is 12.2 Å². The third kappa shape index (κ3) is 2.15. The number of nitrogens with zero attached hydrogens (tertiary/aromatic N) is 6. The molecule has 24 heavy (non-hydrogen) atoms. The lowest BCUT2D eigenvalue weighted by molar-refractivity contribution is 0.641. The molecule has 0 radical (unpaired) electrons. The zero-order valence-corrected chi connectivity index (χ0v) is 14.6. The number of benzene rings is 1. The van der Waals surface area contributed by atoms with Crippen molar-refractivity contribution in [2.45, 2.75) is 25.4 Å². The molecule has 1 aromatic carbocycles. The van der Waals surface area contributed by atoms with Crippen LogP contribution in [0.3, 0.4) is 0 Å². The number of aromatic nitrogens is 4. The molecule has 0 spiro atoms. The highest BCUT2D eigenvalue weighted by Gasteiger charge is 2.44. The zero-order valence-electron chi connectivity index (χ0n) is 13.1. The number of anilines is 2. The fraction of sp³-hybridized carbons (Fsp3) is 0.375. The lowest BCUT2D eigenvalue weighted by Crippen LogP contribution is -2.47. The van der Waals surface area contributed by atoms with Gasteiger partial charge in [-0.25, -0.2) is 9.97 Å². The monoisotopic (exact) mass is 358 g/mol. The molecule has 3 aromatic rings. The average Bonchev–Trinajstić information content (AvgIpc) is 3.29. The highest BCUT2D eigenvalue weighted by Crippen LogP contribution is 2.38. The summed E-state index contributed by atoms with van der Waals surface area (Å²) in [7, 11) is 0. The van der Waals surface area contributed by atoms with Crippen molar-refractivity contribution in [2.24, 2.45) is 0 Å². The highest BCUT2D eigenvalue weighted by atomic mass is 35.5. The van der Waals surface area contributed by atoms with E-state index in [9.17, 15) is 0 Å². The van der Waals surface area contributed by atoms with Crippen molar-refractivity contribution in [3.05, 3.63) is 35.1 Å². The van der Waals surface area contributed by atoms with Gasteiger partial charge < -0.3 is 9.80 Å². The summed E-state index contributed by atoms with van der Waals surface area (Å²) in [5, 5.41) is 0.777. The van der Waals surface area contributed by atoms with Gasteiger partial charge in [0, 0.05) is 29.8 Å². The number of piperazine rings is 1. The van der Waals surface area contributed by atoms with Crippen LogP contribution in [0.25, 0.3) is 11.2 Å². The number of hydrogen-bond donors (Lipinski definition) is 0. The minimum absolute atomic E-state index is 0.449. The molecule has 8 heteroatoms. The van der Waals surface area contributed by atoms with E-state index in [-0.39, 0.29) is 0 Å². The summed E-state index contributed by atoms with van der Waals surface area (Å²) in [6.07, 6.45) is 1.14. The Kier molecular flexibility index (Phi) is 3.14. The van der Waals surface area contributed by atoms with Crippen molar-refractivity contribution in [1.82, 2.24) is 18.7 Å². The first-order valence-electron chi connectivity index (χ1n) is 7.95. The number of hydrogen-bond acceptors (Lipinski definition) is 7. The van der Waals surface area contributed by atoms with Crippen molar-refractivity contribution >= 4 is 46.0 Å². The van der Waals surface area contributed by atoms with Gasteiger partial charge in [0.25, 0.3) is 0 Å². The molecule has 2 atom stereocenters. The highest BCUT2D eigenvalue weighted by molar-refractivity contribution is 7.00. The van der Waals surface area contributed by atoms with Crippen molar-refractivity contribution in [3.8, 4) is 0 Å². The second-order valence-corrected chi connectivity index (χ2v) is 7.32. The fourth-order valence-corrected chi connectivity index (χ4v) is 4.47. The van der Waals surface area contributed by atoms with Crippen LogP contribution in [0.4, 0.5) is 11.5 Å². The van der Waals surface area contributed by atoms with E-state index in [0.717, 1.165) is 41.7 Å². The third-order valence-corrected chi connectivity index (χ3v) is 5.66. The van der Waals surface area contributed by atoms with E-state index < -0.39 is 0 Å². The summed E-state index contributed by atoms with van der Waals surface area (Å²) in [5.74, 6) is 1.69. The molecule has 2 aromatic heterocycles. The zero-order chi connectivity index (χ0) is 16.3. The Balaban J connectivity index is 1.46. The summed E-state index contributed by atoms with van der Waals surface area (Å²) in [6, 6.07) is 9.06. The predicted octanol–water partition coefficient (Wildman–Crippen LogP) is 2.91. The Labute approximate surface area is 148 Å². The van der Waals surface area contributed by atoms with Crippen molar-refractivity contribution in [3.63, 3.8) is 0 Å². The number of halogens is 1. The van der Waals surface area contributed by atoms with E-state index >= 15 is 0 Å². The molecule has 4 heterocycles. The molecule has 0 amide bonds. The van der Waals surface area contributed by atoms with Crippen molar-refractivity contribution in [1.29, 1.82) is 0 Å². The lowest BCUT2D eigenvalue weighted by atomic mass is 10.2. The van der Waals surface area contributed by atoms with Gasteiger partial charge >= 0.3 is 0 Å². The molecule has 2 bridgehead atoms. The topological polar surface area (TPSA) is 58.0 Å². The molecule has 5 rings (SSSR count). The molecule has 0 saturated carbocycles. The number of aryl methyl sites for hydroxylation is 1. The molecule has 0 unspecified atom stereocenters. The summed E-state index contributed by atoms with van der Waals surface area (Å²) in [4.78, 5) is 13.9. The average molecular weight is 359 g/mol. The van der Waals surface area contributed by atoms with Gasteiger partial charge in [-0.2, -0.15) is 8.75 Å². The van der Waals surface area contributed by atoms with Gasteiger partial charge in [-0.1, -0.05) is 11.6 Å². The molecule has 122 valence electrons. The lowest BCUT2D eigenvalue weighted by Gasteiger charge is -2.36. The second-order valence-electron chi connectivity index (χ2n) is 6.36. The summed E-state index contributed by atoms with van der Waals surface area (Å²) in [5.41, 5.74) is 2.78. The first kappa shape index (κ1) is 14.4. The van der Waals surface area contributed by atoms with Gasteiger partial charge in [-0.05, 0) is 37.6 Å². The SMILES string of the molecule is Cc1nc(N2C[C@@H]3C[C@@H]2CN3c2ccc(Cl)cc2)c2nsnc2n1. The van der Waals surface area contributed by atoms with Crippen LogP contribution in [0.2, 0.25) is 5.02 Å². The summed E-state index contributed by atoms with van der Waals surface area (Å²) < 4.78 is 8.68. The van der Waals surface area contributed by atoms with Crippen LogP contribution in [0, 0.1) is 6.92 Å². The van der Waals surface area contributed by atoms with Gasteiger partial charge in [0.1, 0.15) is 5.82 Å². The molecule has 2 fully saturated rings. The Hall–Kier alpha value is -1.99. The standard InChI is InChI=1S/C16H15ClN6S/c1-9-18-15-14(20-24-21-15)16(19-9)23-8-12-6-13(23)7-22(12)11-4-2-10(17)3-5-11/h2-5,12-13H,6-8H2,1H3/t12-,13+/m0/s1. The largest absolute Gasteiger partial charge is 0.365 e. The molecule has 2 saturated heterocycles. The second kappa shape index (κ2) is 5.26. The van der Waals surface area contributed by atoms with Crippen LogP contribution in [-0.2, 0) is 0 Å². The minimum atomic E-state index is 0.449. The molecule has 2 aliphatic heterocycles. The van der Waals surface area contributed by atoms with Gasteiger partial charge in [0.15, 0.2) is 17.0 Å². The number of rotatable bonds is 2. The maximum Gasteiger partial charge on any atom is 0.198 e. The Morgan fingerprint density at radius 1 is 1.04 bits per heavy atom. The van der Waals surface area contributed by atoms with Crippen LogP contribution >= 0.6 is 23.3 Å². The van der Waals surface area contributed by atoms with Gasteiger partial charge in [0.05, 0.1) is 17.8 Å². The fourth-order valence-electron chi connectivity index (χ4n) is 3.86. The van der Waals surface area contributed by atoms with Crippen molar-refractivity contribution < 1.29 is 0 Å². The first-order chi connectivity index (χ1) is 11.7. The molecule has 2 aliphatic rings. The van der Waals surface area contributed by atoms with E-state index in [1.54, 1.807) is 0 Å². The van der Waals surface area contributed by atoms with Crippen LogP contribution in [0.15, 0.2) is 24.3 Å².